The van der Waals surface area contributed by atoms with Gasteiger partial charge in [-0.25, -0.2) is 4.98 Å². The lowest BCUT2D eigenvalue weighted by Gasteiger charge is -2.16. The molecule has 158 valence electrons. The van der Waals surface area contributed by atoms with Gasteiger partial charge in [-0.1, -0.05) is 19.8 Å². The second-order valence-electron chi connectivity index (χ2n) is 6.18. The fourth-order valence-corrected chi connectivity index (χ4v) is 2.71. The highest BCUT2D eigenvalue weighted by molar-refractivity contribution is 7.80. The normalized spacial score (nSPS) is 10.8. The Labute approximate surface area is 177 Å². The summed E-state index contributed by atoms with van der Waals surface area (Å²) in [7, 11) is 0. The van der Waals surface area contributed by atoms with E-state index in [2.05, 4.69) is 15.6 Å². The van der Waals surface area contributed by atoms with Crippen molar-refractivity contribution in [1.82, 2.24) is 10.3 Å². The number of anilines is 1. The van der Waals surface area contributed by atoms with Crippen LogP contribution in [0.4, 0.5) is 18.9 Å². The number of ether oxygens (including phenoxy) is 1. The third kappa shape index (κ3) is 6.42. The first-order valence-corrected chi connectivity index (χ1v) is 9.48. The number of nitrogens with zero attached hydrogens (tertiary/aromatic N) is 2. The molecule has 0 aliphatic rings. The van der Waals surface area contributed by atoms with Crippen molar-refractivity contribution in [3.05, 3.63) is 53.3 Å². The Morgan fingerprint density at radius 1 is 1.30 bits per heavy atom. The number of benzene rings is 1. The summed E-state index contributed by atoms with van der Waals surface area (Å²) in [5.74, 6) is -0.975. The van der Waals surface area contributed by atoms with Gasteiger partial charge in [-0.3, -0.25) is 10.1 Å². The van der Waals surface area contributed by atoms with Gasteiger partial charge in [0.25, 0.3) is 5.91 Å². The molecule has 0 saturated heterocycles. The molecule has 0 aliphatic carbocycles. The Bertz CT molecular complexity index is 958. The number of nitrogens with one attached hydrogen (secondary N) is 2. The second kappa shape index (κ2) is 10.5. The minimum Gasteiger partial charge on any atom is -0.493 e. The van der Waals surface area contributed by atoms with E-state index >= 15 is 0 Å². The molecular weight excluding hydrogens is 417 g/mol. The number of unbranched alkanes of at least 4 members (excludes halogenated alkanes) is 2. The molecule has 10 heteroatoms. The van der Waals surface area contributed by atoms with Gasteiger partial charge in [-0.05, 0) is 49.0 Å². The van der Waals surface area contributed by atoms with E-state index in [4.69, 9.17) is 22.2 Å². The maximum atomic E-state index is 13.4. The predicted octanol–water partition coefficient (Wildman–Crippen LogP) is 4.67. The Morgan fingerprint density at radius 2 is 2.07 bits per heavy atom. The van der Waals surface area contributed by atoms with Crippen molar-refractivity contribution in [1.29, 1.82) is 5.26 Å². The van der Waals surface area contributed by atoms with E-state index in [0.29, 0.717) is 6.42 Å². The second-order valence-corrected chi connectivity index (χ2v) is 6.59. The van der Waals surface area contributed by atoms with Gasteiger partial charge in [0.2, 0.25) is 0 Å². The van der Waals surface area contributed by atoms with Crippen LogP contribution in [0.5, 0.6) is 5.75 Å². The van der Waals surface area contributed by atoms with Crippen LogP contribution in [0.2, 0.25) is 0 Å². The van der Waals surface area contributed by atoms with Crippen molar-refractivity contribution in [2.75, 3.05) is 11.9 Å². The summed E-state index contributed by atoms with van der Waals surface area (Å²) in [6, 6.07) is 8.07. The Hall–Kier alpha value is -3.19. The molecule has 0 saturated carbocycles. The molecule has 1 aromatic heterocycles. The van der Waals surface area contributed by atoms with Gasteiger partial charge in [0, 0.05) is 11.9 Å². The van der Waals surface area contributed by atoms with Gasteiger partial charge >= 0.3 is 6.18 Å². The number of nitriles is 1. The predicted molar refractivity (Wildman–Crippen MR) is 109 cm³/mol. The monoisotopic (exact) mass is 436 g/mol. The maximum Gasteiger partial charge on any atom is 0.420 e. The number of aromatic nitrogens is 1. The number of amides is 1. The Balaban J connectivity index is 2.11. The molecule has 0 radical (unpaired) electrons. The van der Waals surface area contributed by atoms with Gasteiger partial charge in [0.15, 0.2) is 10.8 Å². The highest BCUT2D eigenvalue weighted by Gasteiger charge is 2.34. The van der Waals surface area contributed by atoms with E-state index in [1.54, 1.807) is 6.07 Å². The fraction of sp³-hybridized carbons (Fsp3) is 0.300. The van der Waals surface area contributed by atoms with Crippen LogP contribution in [0.25, 0.3) is 0 Å². The minimum atomic E-state index is -4.62. The third-order valence-electron chi connectivity index (χ3n) is 3.93. The zero-order chi connectivity index (χ0) is 22.1. The van der Waals surface area contributed by atoms with Crippen molar-refractivity contribution in [3.63, 3.8) is 0 Å². The molecule has 0 bridgehead atoms. The molecule has 2 N–H and O–H groups in total. The first-order chi connectivity index (χ1) is 14.3. The summed E-state index contributed by atoms with van der Waals surface area (Å²) in [4.78, 5) is 16.0. The van der Waals surface area contributed by atoms with Gasteiger partial charge in [0.05, 0.1) is 17.7 Å². The molecule has 30 heavy (non-hydrogen) atoms. The summed E-state index contributed by atoms with van der Waals surface area (Å²) in [6.07, 6.45) is -0.824. The molecule has 6 nitrogen and oxygen atoms in total. The maximum absolute atomic E-state index is 13.4. The van der Waals surface area contributed by atoms with E-state index in [-0.39, 0.29) is 34.4 Å². The number of halogens is 3. The van der Waals surface area contributed by atoms with Crippen LogP contribution in [0, 0.1) is 11.3 Å². The molecule has 2 aromatic rings. The van der Waals surface area contributed by atoms with Crippen LogP contribution in [-0.4, -0.2) is 22.6 Å². The number of rotatable bonds is 7. The highest BCUT2D eigenvalue weighted by atomic mass is 32.1. The SMILES string of the molecule is CCCCCOc1ccc(NC(=S)NC(=O)c2cccnc2C#N)cc1C(F)(F)F. The van der Waals surface area contributed by atoms with Crippen molar-refractivity contribution in [2.24, 2.45) is 0 Å². The standard InChI is InChI=1S/C20H19F3N4O2S/c1-2-3-4-10-29-17-8-7-13(11-15(17)20(21,22)23)26-19(30)27-18(28)14-6-5-9-25-16(14)12-24/h5-9,11H,2-4,10H2,1H3,(H2,26,27,28,30). The summed E-state index contributed by atoms with van der Waals surface area (Å²) >= 11 is 5.00. The number of carbonyl (C=O) groups excluding carboxylic acids is 1. The van der Waals surface area contributed by atoms with E-state index in [1.165, 1.54) is 30.5 Å². The van der Waals surface area contributed by atoms with Gasteiger partial charge < -0.3 is 10.1 Å². The number of pyridine rings is 1. The fourth-order valence-electron chi connectivity index (χ4n) is 2.50. The van der Waals surface area contributed by atoms with Gasteiger partial charge in [-0.15, -0.1) is 0 Å². The molecule has 1 amide bonds. The molecule has 1 aromatic carbocycles. The molecule has 0 spiro atoms. The summed E-state index contributed by atoms with van der Waals surface area (Å²) in [5, 5.41) is 13.6. The van der Waals surface area contributed by atoms with E-state index in [1.807, 2.05) is 6.92 Å². The average molecular weight is 436 g/mol. The summed E-state index contributed by atoms with van der Waals surface area (Å²) < 4.78 is 45.5. The van der Waals surface area contributed by atoms with Gasteiger partial charge in [0.1, 0.15) is 11.8 Å². The zero-order valence-corrected chi connectivity index (χ0v) is 16.9. The Kier molecular flexibility index (Phi) is 8.12. The zero-order valence-electron chi connectivity index (χ0n) is 16.0. The molecule has 0 unspecified atom stereocenters. The average Bonchev–Trinajstić information content (AvgIpc) is 2.71. The van der Waals surface area contributed by atoms with Crippen molar-refractivity contribution >= 4 is 28.9 Å². The summed E-state index contributed by atoms with van der Waals surface area (Å²) in [6.45, 7) is 2.17. The quantitative estimate of drug-likeness (QED) is 0.485. The molecule has 2 rings (SSSR count). The number of carbonyl (C=O) groups is 1. The van der Waals surface area contributed by atoms with Crippen molar-refractivity contribution in [2.45, 2.75) is 32.4 Å². The first-order valence-electron chi connectivity index (χ1n) is 9.07. The number of hydrogen-bond acceptors (Lipinski definition) is 5. The van der Waals surface area contributed by atoms with Crippen LogP contribution in [0.15, 0.2) is 36.5 Å². The van der Waals surface area contributed by atoms with Crippen molar-refractivity contribution in [3.8, 4) is 11.8 Å². The largest absolute Gasteiger partial charge is 0.493 e. The third-order valence-corrected chi connectivity index (χ3v) is 4.14. The van der Waals surface area contributed by atoms with E-state index < -0.39 is 17.6 Å². The molecule has 1 heterocycles. The first kappa shape index (κ1) is 23.1. The van der Waals surface area contributed by atoms with E-state index in [9.17, 15) is 18.0 Å². The Morgan fingerprint density at radius 3 is 2.73 bits per heavy atom. The smallest absolute Gasteiger partial charge is 0.420 e. The molecule has 0 fully saturated rings. The lowest BCUT2D eigenvalue weighted by Crippen LogP contribution is -2.34. The number of alkyl halides is 3. The number of thiocarbonyl (C=S) groups is 1. The van der Waals surface area contributed by atoms with Crippen LogP contribution in [0.1, 0.15) is 47.8 Å². The van der Waals surface area contributed by atoms with Crippen LogP contribution >= 0.6 is 12.2 Å². The van der Waals surface area contributed by atoms with Gasteiger partial charge in [-0.2, -0.15) is 18.4 Å². The van der Waals surface area contributed by atoms with E-state index in [0.717, 1.165) is 18.9 Å². The molecule has 0 atom stereocenters. The minimum absolute atomic E-state index is 0.00374. The molecular formula is C20H19F3N4O2S. The van der Waals surface area contributed by atoms with Crippen molar-refractivity contribution < 1.29 is 22.7 Å². The summed E-state index contributed by atoms with van der Waals surface area (Å²) in [5.41, 5.74) is -1.02. The lowest BCUT2D eigenvalue weighted by atomic mass is 10.1. The number of hydrogen-bond donors (Lipinski definition) is 2. The van der Waals surface area contributed by atoms with Crippen LogP contribution in [-0.2, 0) is 6.18 Å². The lowest BCUT2D eigenvalue weighted by molar-refractivity contribution is -0.138. The molecule has 0 aliphatic heterocycles. The van der Waals surface area contributed by atoms with Crippen LogP contribution < -0.4 is 15.4 Å². The topological polar surface area (TPSA) is 87.0 Å². The highest BCUT2D eigenvalue weighted by Crippen LogP contribution is 2.38. The van der Waals surface area contributed by atoms with Crippen LogP contribution in [0.3, 0.4) is 0 Å².